The molecular weight excluding hydrogens is 210 g/mol. The monoisotopic (exact) mass is 229 g/mol. The molecule has 2 N–H and O–H groups in total. The lowest BCUT2D eigenvalue weighted by atomic mass is 10.1. The molecular formula is C12H20ClNO. The summed E-state index contributed by atoms with van der Waals surface area (Å²) in [7, 11) is 0. The molecule has 0 saturated heterocycles. The van der Waals surface area contributed by atoms with Gasteiger partial charge in [-0.2, -0.15) is 0 Å². The molecule has 2 nitrogen and oxygen atoms in total. The molecule has 1 atom stereocenters. The van der Waals surface area contributed by atoms with Gasteiger partial charge < -0.3 is 10.5 Å². The Morgan fingerprint density at radius 3 is 2.20 bits per heavy atom. The van der Waals surface area contributed by atoms with E-state index in [0.29, 0.717) is 12.5 Å². The van der Waals surface area contributed by atoms with Crippen LogP contribution >= 0.6 is 12.4 Å². The van der Waals surface area contributed by atoms with Crippen molar-refractivity contribution in [3.63, 3.8) is 0 Å². The van der Waals surface area contributed by atoms with Crippen LogP contribution in [0.5, 0.6) is 5.75 Å². The zero-order valence-corrected chi connectivity index (χ0v) is 10.4. The fourth-order valence-electron chi connectivity index (χ4n) is 1.02. The molecule has 0 aliphatic heterocycles. The number of hydrogen-bond acceptors (Lipinski definition) is 2. The Kier molecular flexibility index (Phi) is 6.37. The van der Waals surface area contributed by atoms with Gasteiger partial charge in [-0.15, -0.1) is 12.4 Å². The zero-order valence-electron chi connectivity index (χ0n) is 9.57. The molecule has 1 aromatic carbocycles. The second-order valence-corrected chi connectivity index (χ2v) is 4.03. The van der Waals surface area contributed by atoms with E-state index in [0.717, 1.165) is 5.75 Å². The number of hydrogen-bond donors (Lipinski definition) is 1. The largest absolute Gasteiger partial charge is 0.492 e. The highest BCUT2D eigenvalue weighted by molar-refractivity contribution is 5.85. The van der Waals surface area contributed by atoms with Gasteiger partial charge in [0.2, 0.25) is 0 Å². The highest BCUT2D eigenvalue weighted by atomic mass is 35.5. The third-order valence-electron chi connectivity index (χ3n) is 2.32. The number of ether oxygens (including phenoxy) is 1. The molecule has 1 unspecified atom stereocenters. The fraction of sp³-hybridized carbons (Fsp3) is 0.500. The van der Waals surface area contributed by atoms with Crippen LogP contribution < -0.4 is 10.5 Å². The van der Waals surface area contributed by atoms with Crippen molar-refractivity contribution in [1.29, 1.82) is 0 Å². The Morgan fingerprint density at radius 1 is 1.20 bits per heavy atom. The van der Waals surface area contributed by atoms with Crippen LogP contribution in [-0.2, 0) is 0 Å². The zero-order chi connectivity index (χ0) is 10.6. The predicted octanol–water partition coefficient (Wildman–Crippen LogP) is 2.78. The topological polar surface area (TPSA) is 35.2 Å². The summed E-state index contributed by atoms with van der Waals surface area (Å²) in [5.74, 6) is 1.35. The minimum absolute atomic E-state index is 0. The summed E-state index contributed by atoms with van der Waals surface area (Å²) >= 11 is 0. The van der Waals surface area contributed by atoms with Gasteiger partial charge in [-0.3, -0.25) is 0 Å². The molecule has 1 rings (SSSR count). The molecule has 0 radical (unpaired) electrons. The highest BCUT2D eigenvalue weighted by Crippen LogP contribution is 2.12. The van der Waals surface area contributed by atoms with Crippen LogP contribution in [0.25, 0.3) is 0 Å². The van der Waals surface area contributed by atoms with Gasteiger partial charge in [-0.1, -0.05) is 31.5 Å². The summed E-state index contributed by atoms with van der Waals surface area (Å²) in [6.45, 7) is 6.84. The summed E-state index contributed by atoms with van der Waals surface area (Å²) in [5.41, 5.74) is 7.11. The number of nitrogens with two attached hydrogens (primary N) is 1. The molecule has 0 spiro atoms. The Labute approximate surface area is 98.2 Å². The van der Waals surface area contributed by atoms with E-state index in [1.165, 1.54) is 5.56 Å². The summed E-state index contributed by atoms with van der Waals surface area (Å²) in [4.78, 5) is 0. The first kappa shape index (κ1) is 14.3. The fourth-order valence-corrected chi connectivity index (χ4v) is 1.02. The van der Waals surface area contributed by atoms with Crippen LogP contribution in [-0.4, -0.2) is 12.6 Å². The molecule has 0 saturated carbocycles. The maximum absolute atomic E-state index is 5.87. The van der Waals surface area contributed by atoms with E-state index >= 15 is 0 Å². The molecule has 0 amide bonds. The maximum Gasteiger partial charge on any atom is 0.119 e. The summed E-state index contributed by atoms with van der Waals surface area (Å²) in [5, 5.41) is 0. The first-order chi connectivity index (χ1) is 6.59. The van der Waals surface area contributed by atoms with E-state index in [1.807, 2.05) is 24.3 Å². The van der Waals surface area contributed by atoms with E-state index < -0.39 is 0 Å². The van der Waals surface area contributed by atoms with Crippen molar-refractivity contribution in [2.24, 2.45) is 11.7 Å². The third kappa shape index (κ3) is 5.05. The number of benzene rings is 1. The minimum Gasteiger partial charge on any atom is -0.492 e. The van der Waals surface area contributed by atoms with Crippen molar-refractivity contribution in [3.05, 3.63) is 29.8 Å². The molecule has 0 aromatic heterocycles. The minimum atomic E-state index is 0. The van der Waals surface area contributed by atoms with E-state index in [-0.39, 0.29) is 18.4 Å². The van der Waals surface area contributed by atoms with Gasteiger partial charge >= 0.3 is 0 Å². The van der Waals surface area contributed by atoms with Crippen LogP contribution in [0, 0.1) is 12.8 Å². The molecule has 0 aliphatic rings. The van der Waals surface area contributed by atoms with Gasteiger partial charge in [0, 0.05) is 6.04 Å². The second kappa shape index (κ2) is 6.70. The van der Waals surface area contributed by atoms with Gasteiger partial charge in [0.25, 0.3) is 0 Å². The summed E-state index contributed by atoms with van der Waals surface area (Å²) in [6.07, 6.45) is 0. The van der Waals surface area contributed by atoms with E-state index in [1.54, 1.807) is 0 Å². The first-order valence-corrected chi connectivity index (χ1v) is 5.04. The van der Waals surface area contributed by atoms with E-state index in [2.05, 4.69) is 20.8 Å². The summed E-state index contributed by atoms with van der Waals surface area (Å²) in [6, 6.07) is 8.13. The van der Waals surface area contributed by atoms with Crippen molar-refractivity contribution in [2.45, 2.75) is 26.8 Å². The molecule has 0 heterocycles. The lowest BCUT2D eigenvalue weighted by Gasteiger charge is -2.16. The average molecular weight is 230 g/mol. The smallest absolute Gasteiger partial charge is 0.119 e. The summed E-state index contributed by atoms with van der Waals surface area (Å²) < 4.78 is 5.56. The van der Waals surface area contributed by atoms with Crippen molar-refractivity contribution >= 4 is 12.4 Å². The third-order valence-corrected chi connectivity index (χ3v) is 2.32. The molecule has 86 valence electrons. The van der Waals surface area contributed by atoms with Gasteiger partial charge in [0.05, 0.1) is 0 Å². The molecule has 1 aromatic rings. The van der Waals surface area contributed by atoms with Gasteiger partial charge in [0.15, 0.2) is 0 Å². The lowest BCUT2D eigenvalue weighted by molar-refractivity contribution is 0.259. The van der Waals surface area contributed by atoms with Crippen molar-refractivity contribution in [1.82, 2.24) is 0 Å². The molecule has 0 aliphatic carbocycles. The Morgan fingerprint density at radius 2 is 1.73 bits per heavy atom. The highest BCUT2D eigenvalue weighted by Gasteiger charge is 2.07. The first-order valence-electron chi connectivity index (χ1n) is 5.04. The number of halogens is 1. The normalized spacial score (nSPS) is 12.1. The van der Waals surface area contributed by atoms with Crippen LogP contribution in [0.1, 0.15) is 19.4 Å². The molecule has 0 fully saturated rings. The molecule has 15 heavy (non-hydrogen) atoms. The van der Waals surface area contributed by atoms with Crippen molar-refractivity contribution in [3.8, 4) is 5.75 Å². The average Bonchev–Trinajstić information content (AvgIpc) is 2.16. The molecule has 3 heteroatoms. The van der Waals surface area contributed by atoms with Crippen molar-refractivity contribution < 1.29 is 4.74 Å². The van der Waals surface area contributed by atoms with E-state index in [9.17, 15) is 0 Å². The van der Waals surface area contributed by atoms with Gasteiger partial charge in [0.1, 0.15) is 12.4 Å². The van der Waals surface area contributed by atoms with Crippen LogP contribution in [0.4, 0.5) is 0 Å². The SMILES string of the molecule is Cc1ccc(OCC(N)C(C)C)cc1.Cl. The Bertz CT molecular complexity index is 271. The quantitative estimate of drug-likeness (QED) is 0.862. The van der Waals surface area contributed by atoms with Gasteiger partial charge in [-0.05, 0) is 25.0 Å². The standard InChI is InChI=1S/C12H19NO.ClH/c1-9(2)12(13)8-14-11-6-4-10(3)5-7-11;/h4-7,9,12H,8,13H2,1-3H3;1H. The van der Waals surface area contributed by atoms with Crippen LogP contribution in [0.15, 0.2) is 24.3 Å². The van der Waals surface area contributed by atoms with Crippen LogP contribution in [0.2, 0.25) is 0 Å². The number of aryl methyl sites for hydroxylation is 1. The molecule has 0 bridgehead atoms. The second-order valence-electron chi connectivity index (χ2n) is 4.03. The Hall–Kier alpha value is -0.730. The lowest BCUT2D eigenvalue weighted by Crippen LogP contribution is -2.32. The van der Waals surface area contributed by atoms with E-state index in [4.69, 9.17) is 10.5 Å². The predicted molar refractivity (Wildman–Crippen MR) is 66.7 cm³/mol. The number of rotatable bonds is 4. The van der Waals surface area contributed by atoms with Crippen LogP contribution in [0.3, 0.4) is 0 Å². The maximum atomic E-state index is 5.87. The van der Waals surface area contributed by atoms with Gasteiger partial charge in [-0.25, -0.2) is 0 Å². The Balaban J connectivity index is 0.00000196. The van der Waals surface area contributed by atoms with Crippen molar-refractivity contribution in [2.75, 3.05) is 6.61 Å².